The minimum absolute atomic E-state index is 0.0407. The summed E-state index contributed by atoms with van der Waals surface area (Å²) in [7, 11) is 0. The largest absolute Gasteiger partial charge is 0.364 e. The van der Waals surface area contributed by atoms with E-state index >= 15 is 0 Å². The molecule has 1 amide bonds. The Morgan fingerprint density at radius 3 is 3.00 bits per heavy atom. The molecular weight excluding hydrogens is 243 g/mol. The normalized spacial score (nSPS) is 10.2. The number of hydrogen-bond acceptors (Lipinski definition) is 4. The Labute approximate surface area is 102 Å². The van der Waals surface area contributed by atoms with Gasteiger partial charge in [0, 0.05) is 11.0 Å². The van der Waals surface area contributed by atoms with Gasteiger partial charge in [-0.05, 0) is 18.2 Å². The third-order valence-electron chi connectivity index (χ3n) is 2.12. The molecule has 0 fully saturated rings. The Morgan fingerprint density at radius 2 is 2.29 bits per heavy atom. The molecule has 6 heteroatoms. The zero-order valence-corrected chi connectivity index (χ0v) is 9.58. The Hall–Kier alpha value is -1.82. The van der Waals surface area contributed by atoms with E-state index in [-0.39, 0.29) is 12.1 Å². The maximum absolute atomic E-state index is 13.4. The Bertz CT molecular complexity index is 528. The molecule has 1 aromatic carbocycles. The number of aromatic nitrogens is 1. The van der Waals surface area contributed by atoms with Gasteiger partial charge in [-0.2, -0.15) is 0 Å². The molecule has 2 aromatic rings. The molecule has 0 unspecified atom stereocenters. The molecule has 1 heterocycles. The van der Waals surface area contributed by atoms with Crippen LogP contribution in [-0.2, 0) is 6.54 Å². The first kappa shape index (κ1) is 11.7. The van der Waals surface area contributed by atoms with Crippen LogP contribution in [0.4, 0.5) is 4.39 Å². The number of carbonyl (C=O) groups excluding carboxylic acids is 1. The summed E-state index contributed by atoms with van der Waals surface area (Å²) in [5, 5.41) is 6.16. The first-order chi connectivity index (χ1) is 8.16. The lowest BCUT2D eigenvalue weighted by Gasteiger charge is -2.04. The van der Waals surface area contributed by atoms with Crippen molar-refractivity contribution in [3.63, 3.8) is 0 Å². The van der Waals surface area contributed by atoms with Crippen molar-refractivity contribution < 1.29 is 13.7 Å². The summed E-state index contributed by atoms with van der Waals surface area (Å²) in [6, 6.07) is 5.67. The molecule has 1 N–H and O–H groups in total. The second-order valence-corrected chi connectivity index (χ2v) is 3.85. The quantitative estimate of drug-likeness (QED) is 0.822. The van der Waals surface area contributed by atoms with E-state index in [0.717, 1.165) is 0 Å². The van der Waals surface area contributed by atoms with Crippen LogP contribution in [-0.4, -0.2) is 11.1 Å². The van der Waals surface area contributed by atoms with Crippen LogP contribution in [0, 0.1) is 5.82 Å². The van der Waals surface area contributed by atoms with Crippen LogP contribution in [0.5, 0.6) is 0 Å². The zero-order chi connectivity index (χ0) is 12.3. The van der Waals surface area contributed by atoms with Gasteiger partial charge in [0.15, 0.2) is 0 Å². The van der Waals surface area contributed by atoms with Crippen LogP contribution in [0.15, 0.2) is 39.9 Å². The van der Waals surface area contributed by atoms with E-state index in [1.165, 1.54) is 24.5 Å². The van der Waals surface area contributed by atoms with Gasteiger partial charge in [-0.3, -0.25) is 4.79 Å². The molecule has 88 valence electrons. The zero-order valence-electron chi connectivity index (χ0n) is 8.68. The lowest BCUT2D eigenvalue weighted by Crippen LogP contribution is -2.24. The highest BCUT2D eigenvalue weighted by Gasteiger charge is 2.11. The number of nitrogens with one attached hydrogen (secondary N) is 1. The summed E-state index contributed by atoms with van der Waals surface area (Å²) in [5.74, 6) is -1.10. The molecule has 1 aromatic heterocycles. The smallest absolute Gasteiger partial charge is 0.254 e. The number of benzene rings is 1. The first-order valence-electron chi connectivity index (χ1n) is 4.83. The van der Waals surface area contributed by atoms with Crippen molar-refractivity contribution in [3.05, 3.63) is 47.6 Å². The molecular formula is C11H9FN2O2S. The minimum atomic E-state index is -0.583. The molecule has 0 spiro atoms. The lowest BCUT2D eigenvalue weighted by molar-refractivity contribution is 0.0946. The summed E-state index contributed by atoms with van der Waals surface area (Å²) in [4.78, 5) is 12.2. The van der Waals surface area contributed by atoms with Gasteiger partial charge >= 0.3 is 0 Å². The van der Waals surface area contributed by atoms with Crippen molar-refractivity contribution in [2.24, 2.45) is 0 Å². The highest BCUT2D eigenvalue weighted by Crippen LogP contribution is 2.13. The summed E-state index contributed by atoms with van der Waals surface area (Å²) < 4.78 is 18.0. The highest BCUT2D eigenvalue weighted by molar-refractivity contribution is 7.80. The molecule has 0 saturated carbocycles. The summed E-state index contributed by atoms with van der Waals surface area (Å²) in [6.45, 7) is 0.186. The number of halogens is 1. The second kappa shape index (κ2) is 5.01. The maximum atomic E-state index is 13.4. The van der Waals surface area contributed by atoms with E-state index in [1.54, 1.807) is 6.07 Å². The van der Waals surface area contributed by atoms with E-state index in [4.69, 9.17) is 0 Å². The summed E-state index contributed by atoms with van der Waals surface area (Å²) in [6.07, 6.45) is 1.40. The standard InChI is InChI=1S/C11H9FN2O2S/c12-10-2-1-8(17)5-9(10)11(15)13-6-7-3-4-16-14-7/h1-5,17H,6H2,(H,13,15). The van der Waals surface area contributed by atoms with Crippen LogP contribution in [0.25, 0.3) is 0 Å². The van der Waals surface area contributed by atoms with Crippen molar-refractivity contribution in [2.75, 3.05) is 0 Å². The van der Waals surface area contributed by atoms with Gasteiger partial charge < -0.3 is 9.84 Å². The molecule has 0 aliphatic heterocycles. The van der Waals surface area contributed by atoms with Crippen molar-refractivity contribution >= 4 is 18.5 Å². The minimum Gasteiger partial charge on any atom is -0.364 e. The van der Waals surface area contributed by atoms with E-state index in [1.807, 2.05) is 0 Å². The molecule has 17 heavy (non-hydrogen) atoms. The molecule has 0 aliphatic carbocycles. The number of thiol groups is 1. The monoisotopic (exact) mass is 252 g/mol. The predicted molar refractivity (Wildman–Crippen MR) is 61.3 cm³/mol. The van der Waals surface area contributed by atoms with Gasteiger partial charge in [-0.1, -0.05) is 5.16 Å². The van der Waals surface area contributed by atoms with E-state index in [0.29, 0.717) is 10.6 Å². The molecule has 2 rings (SSSR count). The fraction of sp³-hybridized carbons (Fsp3) is 0.0909. The van der Waals surface area contributed by atoms with Crippen LogP contribution < -0.4 is 5.32 Å². The van der Waals surface area contributed by atoms with Crippen LogP contribution in [0.3, 0.4) is 0 Å². The highest BCUT2D eigenvalue weighted by atomic mass is 32.1. The van der Waals surface area contributed by atoms with Crippen molar-refractivity contribution in [2.45, 2.75) is 11.4 Å². The number of hydrogen-bond donors (Lipinski definition) is 2. The molecule has 0 bridgehead atoms. The fourth-order valence-electron chi connectivity index (χ4n) is 1.28. The van der Waals surface area contributed by atoms with Gasteiger partial charge in [0.2, 0.25) is 0 Å². The molecule has 0 radical (unpaired) electrons. The second-order valence-electron chi connectivity index (χ2n) is 3.34. The lowest BCUT2D eigenvalue weighted by atomic mass is 10.2. The maximum Gasteiger partial charge on any atom is 0.254 e. The van der Waals surface area contributed by atoms with Crippen LogP contribution >= 0.6 is 12.6 Å². The Kier molecular flexibility index (Phi) is 3.43. The average molecular weight is 252 g/mol. The summed E-state index contributed by atoms with van der Waals surface area (Å²) >= 11 is 4.05. The van der Waals surface area contributed by atoms with Gasteiger partial charge in [-0.15, -0.1) is 12.6 Å². The van der Waals surface area contributed by atoms with Gasteiger partial charge in [0.1, 0.15) is 17.8 Å². The number of carbonyl (C=O) groups is 1. The molecule has 0 aliphatic rings. The molecule has 0 atom stereocenters. The van der Waals surface area contributed by atoms with E-state index in [9.17, 15) is 9.18 Å². The van der Waals surface area contributed by atoms with E-state index < -0.39 is 11.7 Å². The van der Waals surface area contributed by atoms with E-state index in [2.05, 4.69) is 27.6 Å². The number of nitrogens with zero attached hydrogens (tertiary/aromatic N) is 1. The average Bonchev–Trinajstić information content (AvgIpc) is 2.82. The van der Waals surface area contributed by atoms with Gasteiger partial charge in [0.05, 0.1) is 12.1 Å². The van der Waals surface area contributed by atoms with Crippen LogP contribution in [0.1, 0.15) is 16.1 Å². The molecule has 4 nitrogen and oxygen atoms in total. The third-order valence-corrected chi connectivity index (χ3v) is 2.39. The van der Waals surface area contributed by atoms with Crippen molar-refractivity contribution in [3.8, 4) is 0 Å². The third kappa shape index (κ3) is 2.85. The van der Waals surface area contributed by atoms with Crippen LogP contribution in [0.2, 0.25) is 0 Å². The Balaban J connectivity index is 2.07. The Morgan fingerprint density at radius 1 is 1.47 bits per heavy atom. The predicted octanol–water partition coefficient (Wildman–Crippen LogP) is 2.03. The van der Waals surface area contributed by atoms with Gasteiger partial charge in [0.25, 0.3) is 5.91 Å². The van der Waals surface area contributed by atoms with Crippen molar-refractivity contribution in [1.82, 2.24) is 10.5 Å². The topological polar surface area (TPSA) is 55.1 Å². The first-order valence-corrected chi connectivity index (χ1v) is 5.27. The molecule has 0 saturated heterocycles. The van der Waals surface area contributed by atoms with Crippen molar-refractivity contribution in [1.29, 1.82) is 0 Å². The summed E-state index contributed by atoms with van der Waals surface area (Å²) in [5.41, 5.74) is 0.529. The fourth-order valence-corrected chi connectivity index (χ4v) is 1.49. The van der Waals surface area contributed by atoms with Gasteiger partial charge in [-0.25, -0.2) is 4.39 Å². The SMILES string of the molecule is O=C(NCc1ccon1)c1cc(S)ccc1F. The number of rotatable bonds is 3. The number of amides is 1.